The Kier molecular flexibility index (Phi) is 1.86. The minimum atomic E-state index is 0.147. The second-order valence-electron chi connectivity index (χ2n) is 3.36. The summed E-state index contributed by atoms with van der Waals surface area (Å²) in [5.74, 6) is 0.529. The highest BCUT2D eigenvalue weighted by atomic mass is 16.4. The van der Waals surface area contributed by atoms with E-state index in [1.54, 1.807) is 36.5 Å². The smallest absolute Gasteiger partial charge is 0.232 e. The van der Waals surface area contributed by atoms with E-state index in [0.717, 1.165) is 0 Å². The molecular formula is C12H8N2O2. The summed E-state index contributed by atoms with van der Waals surface area (Å²) in [5, 5.41) is 9.67. The third kappa shape index (κ3) is 1.32. The zero-order valence-electron chi connectivity index (χ0n) is 8.29. The fourth-order valence-electron chi connectivity index (χ4n) is 1.54. The van der Waals surface area contributed by atoms with Gasteiger partial charge >= 0.3 is 0 Å². The quantitative estimate of drug-likeness (QED) is 0.673. The van der Waals surface area contributed by atoms with Gasteiger partial charge < -0.3 is 9.52 Å². The highest BCUT2D eigenvalue weighted by Crippen LogP contribution is 2.29. The number of rotatable bonds is 1. The molecule has 0 saturated heterocycles. The number of phenols is 1. The number of fused-ring (bicyclic) bond motifs is 1. The molecule has 3 aromatic rings. The van der Waals surface area contributed by atoms with Crippen molar-refractivity contribution in [3.63, 3.8) is 0 Å². The van der Waals surface area contributed by atoms with Crippen LogP contribution in [0.3, 0.4) is 0 Å². The number of hydrogen-bond acceptors (Lipinski definition) is 4. The van der Waals surface area contributed by atoms with Crippen LogP contribution in [0.4, 0.5) is 0 Å². The topological polar surface area (TPSA) is 59.2 Å². The molecule has 0 atom stereocenters. The molecule has 2 heterocycles. The van der Waals surface area contributed by atoms with Crippen LogP contribution in [0.5, 0.6) is 5.75 Å². The van der Waals surface area contributed by atoms with E-state index in [4.69, 9.17) is 4.42 Å². The molecular weight excluding hydrogens is 204 g/mol. The average molecular weight is 212 g/mol. The van der Waals surface area contributed by atoms with Gasteiger partial charge in [-0.05, 0) is 24.3 Å². The lowest BCUT2D eigenvalue weighted by atomic mass is 10.2. The Labute approximate surface area is 91.2 Å². The summed E-state index contributed by atoms with van der Waals surface area (Å²) in [7, 11) is 0. The average Bonchev–Trinajstić information content (AvgIpc) is 2.73. The highest BCUT2D eigenvalue weighted by Gasteiger charge is 2.11. The zero-order valence-corrected chi connectivity index (χ0v) is 8.29. The van der Waals surface area contributed by atoms with Crippen molar-refractivity contribution in [2.24, 2.45) is 0 Å². The van der Waals surface area contributed by atoms with Crippen molar-refractivity contribution >= 4 is 11.2 Å². The molecule has 0 saturated carbocycles. The van der Waals surface area contributed by atoms with Crippen molar-refractivity contribution in [1.29, 1.82) is 0 Å². The number of hydrogen-bond donors (Lipinski definition) is 1. The molecule has 4 heteroatoms. The molecule has 1 aromatic carbocycles. The Morgan fingerprint density at radius 1 is 1.06 bits per heavy atom. The van der Waals surface area contributed by atoms with Crippen molar-refractivity contribution in [2.75, 3.05) is 0 Å². The zero-order chi connectivity index (χ0) is 11.0. The van der Waals surface area contributed by atoms with E-state index in [9.17, 15) is 5.11 Å². The van der Waals surface area contributed by atoms with Gasteiger partial charge in [-0.25, -0.2) is 4.98 Å². The molecule has 0 fully saturated rings. The summed E-state index contributed by atoms with van der Waals surface area (Å²) < 4.78 is 5.50. The van der Waals surface area contributed by atoms with Gasteiger partial charge in [-0.3, -0.25) is 0 Å². The third-order valence-electron chi connectivity index (χ3n) is 2.30. The van der Waals surface area contributed by atoms with Crippen LogP contribution < -0.4 is 0 Å². The molecule has 2 aromatic heterocycles. The third-order valence-corrected chi connectivity index (χ3v) is 2.30. The molecule has 16 heavy (non-hydrogen) atoms. The van der Waals surface area contributed by atoms with Gasteiger partial charge in [0.2, 0.25) is 5.89 Å². The van der Waals surface area contributed by atoms with Crippen molar-refractivity contribution in [3.8, 4) is 17.2 Å². The minimum absolute atomic E-state index is 0.147. The van der Waals surface area contributed by atoms with Gasteiger partial charge in [0.25, 0.3) is 0 Å². The van der Waals surface area contributed by atoms with Crippen molar-refractivity contribution in [1.82, 2.24) is 9.97 Å². The number of aromatic hydroxyl groups is 1. The van der Waals surface area contributed by atoms with Crippen LogP contribution in [-0.4, -0.2) is 15.1 Å². The summed E-state index contributed by atoms with van der Waals surface area (Å²) in [6, 6.07) is 10.5. The predicted molar refractivity (Wildman–Crippen MR) is 58.9 cm³/mol. The van der Waals surface area contributed by atoms with Gasteiger partial charge in [0.1, 0.15) is 5.75 Å². The summed E-state index contributed by atoms with van der Waals surface area (Å²) >= 11 is 0. The van der Waals surface area contributed by atoms with Crippen molar-refractivity contribution in [2.45, 2.75) is 0 Å². The van der Waals surface area contributed by atoms with Crippen LogP contribution in [0, 0.1) is 0 Å². The van der Waals surface area contributed by atoms with Crippen LogP contribution >= 0.6 is 0 Å². The largest absolute Gasteiger partial charge is 0.507 e. The van der Waals surface area contributed by atoms with E-state index in [1.165, 1.54) is 0 Å². The van der Waals surface area contributed by atoms with E-state index >= 15 is 0 Å². The van der Waals surface area contributed by atoms with Crippen LogP contribution in [-0.2, 0) is 0 Å². The van der Waals surface area contributed by atoms with Crippen LogP contribution in [0.1, 0.15) is 0 Å². The molecule has 0 bridgehead atoms. The first-order valence-corrected chi connectivity index (χ1v) is 4.84. The Hall–Kier alpha value is -2.36. The number of para-hydroxylation sites is 1. The van der Waals surface area contributed by atoms with Gasteiger partial charge in [-0.15, -0.1) is 0 Å². The number of pyridine rings is 1. The molecule has 0 unspecified atom stereocenters. The molecule has 1 N–H and O–H groups in total. The maximum absolute atomic E-state index is 9.67. The maximum atomic E-state index is 9.67. The Morgan fingerprint density at radius 3 is 2.75 bits per heavy atom. The molecule has 4 nitrogen and oxygen atoms in total. The van der Waals surface area contributed by atoms with Crippen LogP contribution in [0.15, 0.2) is 47.0 Å². The van der Waals surface area contributed by atoms with Gasteiger partial charge in [-0.2, -0.15) is 4.98 Å². The molecule has 0 spiro atoms. The standard InChI is InChI=1S/C12H8N2O2/c15-9-5-2-1-4-8(9)12-14-11-10(16-12)6-3-7-13-11/h1-7,15H. The molecule has 0 aliphatic carbocycles. The number of nitrogens with zero attached hydrogens (tertiary/aromatic N) is 2. The maximum Gasteiger partial charge on any atom is 0.232 e. The molecule has 78 valence electrons. The first kappa shape index (κ1) is 8.91. The van der Waals surface area contributed by atoms with Gasteiger partial charge in [0, 0.05) is 6.20 Å². The SMILES string of the molecule is Oc1ccccc1-c1nc2ncccc2o1. The Bertz CT molecular complexity index is 613. The molecule has 0 aliphatic heterocycles. The fourth-order valence-corrected chi connectivity index (χ4v) is 1.54. The van der Waals surface area contributed by atoms with E-state index < -0.39 is 0 Å². The summed E-state index contributed by atoms with van der Waals surface area (Å²) in [6.45, 7) is 0. The van der Waals surface area contributed by atoms with Crippen molar-refractivity contribution in [3.05, 3.63) is 42.6 Å². The Morgan fingerprint density at radius 2 is 1.94 bits per heavy atom. The highest BCUT2D eigenvalue weighted by molar-refractivity contribution is 5.73. The van der Waals surface area contributed by atoms with E-state index in [0.29, 0.717) is 22.7 Å². The molecule has 0 radical (unpaired) electrons. The lowest BCUT2D eigenvalue weighted by Gasteiger charge is -1.97. The number of aromatic nitrogens is 2. The van der Waals surface area contributed by atoms with Gasteiger partial charge in [0.05, 0.1) is 5.56 Å². The van der Waals surface area contributed by atoms with E-state index in [-0.39, 0.29) is 5.75 Å². The van der Waals surface area contributed by atoms with Gasteiger partial charge in [0.15, 0.2) is 11.2 Å². The monoisotopic (exact) mass is 212 g/mol. The summed E-state index contributed by atoms with van der Waals surface area (Å²) in [4.78, 5) is 8.28. The number of benzene rings is 1. The number of phenolic OH excluding ortho intramolecular Hbond substituents is 1. The van der Waals surface area contributed by atoms with E-state index in [1.807, 2.05) is 6.07 Å². The second-order valence-corrected chi connectivity index (χ2v) is 3.36. The lowest BCUT2D eigenvalue weighted by molar-refractivity contribution is 0.474. The normalized spacial score (nSPS) is 10.8. The lowest BCUT2D eigenvalue weighted by Crippen LogP contribution is -1.78. The second kappa shape index (κ2) is 3.34. The first-order valence-electron chi connectivity index (χ1n) is 4.84. The predicted octanol–water partition coefficient (Wildman–Crippen LogP) is 2.60. The van der Waals surface area contributed by atoms with E-state index in [2.05, 4.69) is 9.97 Å². The molecule has 0 amide bonds. The minimum Gasteiger partial charge on any atom is -0.507 e. The number of oxazole rings is 1. The summed E-state index contributed by atoms with van der Waals surface area (Å²) in [5.41, 5.74) is 1.72. The van der Waals surface area contributed by atoms with Crippen LogP contribution in [0.25, 0.3) is 22.7 Å². The fraction of sp³-hybridized carbons (Fsp3) is 0. The van der Waals surface area contributed by atoms with Crippen molar-refractivity contribution < 1.29 is 9.52 Å². The molecule has 3 rings (SSSR count). The Balaban J connectivity index is 2.23. The first-order chi connectivity index (χ1) is 7.84. The van der Waals surface area contributed by atoms with Crippen LogP contribution in [0.2, 0.25) is 0 Å². The van der Waals surface area contributed by atoms with Gasteiger partial charge in [-0.1, -0.05) is 12.1 Å². The molecule has 0 aliphatic rings. The summed E-state index contributed by atoms with van der Waals surface area (Å²) in [6.07, 6.45) is 1.65.